The monoisotopic (exact) mass is 369 g/mol. The van der Waals surface area contributed by atoms with Crippen molar-refractivity contribution in [3.05, 3.63) is 41.3 Å². The van der Waals surface area contributed by atoms with Crippen LogP contribution in [-0.2, 0) is 11.2 Å². The van der Waals surface area contributed by atoms with Crippen LogP contribution in [-0.4, -0.2) is 18.8 Å². The predicted octanol–water partition coefficient (Wildman–Crippen LogP) is 4.77. The van der Waals surface area contributed by atoms with Crippen molar-refractivity contribution in [2.24, 2.45) is 5.92 Å². The van der Waals surface area contributed by atoms with Crippen molar-refractivity contribution in [1.82, 2.24) is 5.32 Å². The molecule has 1 aliphatic rings. The van der Waals surface area contributed by atoms with E-state index in [4.69, 9.17) is 0 Å². The van der Waals surface area contributed by atoms with Gasteiger partial charge < -0.3 is 10.1 Å². The molecule has 1 aromatic heterocycles. The lowest BCUT2D eigenvalue weighted by atomic mass is 10.2. The summed E-state index contributed by atoms with van der Waals surface area (Å²) in [5.41, 5.74) is 0.823. The van der Waals surface area contributed by atoms with Gasteiger partial charge in [0.1, 0.15) is 5.75 Å². The maximum absolute atomic E-state index is 12.2. The second-order valence-electron chi connectivity index (χ2n) is 6.09. The smallest absolute Gasteiger partial charge is 0.406 e. The molecule has 0 spiro atoms. The average Bonchev–Trinajstić information content (AvgIpc) is 3.26. The number of halogens is 3. The van der Waals surface area contributed by atoms with Gasteiger partial charge in [-0.1, -0.05) is 0 Å². The summed E-state index contributed by atoms with van der Waals surface area (Å²) < 4.78 is 40.4. The van der Waals surface area contributed by atoms with Crippen LogP contribution in [0.5, 0.6) is 5.75 Å². The zero-order chi connectivity index (χ0) is 17.9. The lowest BCUT2D eigenvalue weighted by molar-refractivity contribution is -0.274. The van der Waals surface area contributed by atoms with Gasteiger partial charge in [-0.15, -0.1) is 24.5 Å². The van der Waals surface area contributed by atoms with E-state index >= 15 is 0 Å². The van der Waals surface area contributed by atoms with E-state index in [9.17, 15) is 18.0 Å². The Labute approximate surface area is 147 Å². The van der Waals surface area contributed by atoms with Gasteiger partial charge in [-0.2, -0.15) is 0 Å². The molecule has 1 N–H and O–H groups in total. The van der Waals surface area contributed by atoms with Crippen LogP contribution in [0.4, 0.5) is 13.2 Å². The summed E-state index contributed by atoms with van der Waals surface area (Å²) in [4.78, 5) is 13.8. The first-order chi connectivity index (χ1) is 11.9. The lowest BCUT2D eigenvalue weighted by Gasteiger charge is -2.08. The Morgan fingerprint density at radius 3 is 2.52 bits per heavy atom. The van der Waals surface area contributed by atoms with E-state index in [0.29, 0.717) is 18.8 Å². The molecule has 0 atom stereocenters. The summed E-state index contributed by atoms with van der Waals surface area (Å²) in [6, 6.07) is 9.66. The largest absolute Gasteiger partial charge is 0.573 e. The Kier molecular flexibility index (Phi) is 5.32. The van der Waals surface area contributed by atoms with E-state index in [0.717, 1.165) is 21.9 Å². The highest BCUT2D eigenvalue weighted by atomic mass is 32.1. The molecule has 1 aromatic carbocycles. The number of carbonyl (C=O) groups excluding carboxylic acids is 1. The van der Waals surface area contributed by atoms with E-state index in [1.807, 2.05) is 12.1 Å². The molecule has 0 aliphatic heterocycles. The third kappa shape index (κ3) is 5.77. The van der Waals surface area contributed by atoms with Gasteiger partial charge in [0.2, 0.25) is 5.91 Å². The second-order valence-corrected chi connectivity index (χ2v) is 7.25. The van der Waals surface area contributed by atoms with Crippen LogP contribution >= 0.6 is 11.3 Å². The Bertz CT molecular complexity index is 721. The first-order valence-corrected chi connectivity index (χ1v) is 8.92. The minimum Gasteiger partial charge on any atom is -0.406 e. The van der Waals surface area contributed by atoms with Crippen LogP contribution in [0.2, 0.25) is 0 Å². The quantitative estimate of drug-likeness (QED) is 0.763. The van der Waals surface area contributed by atoms with Gasteiger partial charge in [0, 0.05) is 22.7 Å². The Morgan fingerprint density at radius 1 is 1.16 bits per heavy atom. The fraction of sp³-hybridized carbons (Fsp3) is 0.389. The number of carbonyl (C=O) groups is 1. The van der Waals surface area contributed by atoms with Gasteiger partial charge in [0.25, 0.3) is 0 Å². The molecule has 1 saturated carbocycles. The normalized spacial score (nSPS) is 14.4. The molecule has 1 heterocycles. The zero-order valence-corrected chi connectivity index (χ0v) is 14.3. The molecule has 0 saturated heterocycles. The number of thiophene rings is 1. The number of alkyl halides is 3. The molecule has 134 valence electrons. The summed E-state index contributed by atoms with van der Waals surface area (Å²) >= 11 is 1.54. The van der Waals surface area contributed by atoms with Gasteiger partial charge in [0.15, 0.2) is 0 Å². The van der Waals surface area contributed by atoms with Gasteiger partial charge in [-0.3, -0.25) is 4.79 Å². The maximum Gasteiger partial charge on any atom is 0.573 e. The highest BCUT2D eigenvalue weighted by Crippen LogP contribution is 2.31. The van der Waals surface area contributed by atoms with E-state index < -0.39 is 6.36 Å². The molecule has 1 amide bonds. The fourth-order valence-corrected chi connectivity index (χ4v) is 3.41. The third-order valence-corrected chi connectivity index (χ3v) is 5.11. The van der Waals surface area contributed by atoms with Crippen molar-refractivity contribution < 1.29 is 22.7 Å². The predicted molar refractivity (Wildman–Crippen MR) is 90.5 cm³/mol. The van der Waals surface area contributed by atoms with Gasteiger partial charge in [-0.05, 0) is 67.1 Å². The Balaban J connectivity index is 1.52. The number of aryl methyl sites for hydroxylation is 1. The molecule has 25 heavy (non-hydrogen) atoms. The second kappa shape index (κ2) is 7.47. The molecular weight excluding hydrogens is 351 g/mol. The summed E-state index contributed by atoms with van der Waals surface area (Å²) in [5.74, 6) is 0.498. The first kappa shape index (κ1) is 17.8. The summed E-state index contributed by atoms with van der Waals surface area (Å²) in [6.45, 7) is 0.779. The van der Waals surface area contributed by atoms with E-state index in [1.54, 1.807) is 23.5 Å². The third-order valence-electron chi connectivity index (χ3n) is 3.92. The number of hydrogen-bond acceptors (Lipinski definition) is 3. The summed E-state index contributed by atoms with van der Waals surface area (Å²) in [6.07, 6.45) is -1.15. The van der Waals surface area contributed by atoms with Crippen LogP contribution < -0.4 is 10.1 Å². The SMILES string of the molecule is O=C(CCc1ccc(-c2ccc(OC(F)(F)F)cc2)s1)NCC1CC1. The van der Waals surface area contributed by atoms with Crippen LogP contribution in [0.1, 0.15) is 24.1 Å². The first-order valence-electron chi connectivity index (χ1n) is 8.11. The molecule has 7 heteroatoms. The summed E-state index contributed by atoms with van der Waals surface area (Å²) in [5, 5.41) is 2.94. The molecule has 0 radical (unpaired) electrons. The number of benzene rings is 1. The van der Waals surface area contributed by atoms with Crippen molar-refractivity contribution >= 4 is 17.2 Å². The highest BCUT2D eigenvalue weighted by Gasteiger charge is 2.31. The Hall–Kier alpha value is -2.02. The molecule has 3 rings (SSSR count). The fourth-order valence-electron chi connectivity index (χ4n) is 2.39. The molecule has 3 nitrogen and oxygen atoms in total. The van der Waals surface area contributed by atoms with Gasteiger partial charge in [-0.25, -0.2) is 0 Å². The standard InChI is InChI=1S/C18H18F3NO2S/c19-18(20,21)24-14-5-3-13(4-6-14)16-9-7-15(25-16)8-10-17(23)22-11-12-1-2-12/h3-7,9,12H,1-2,8,10-11H2,(H,22,23). The molecule has 1 aliphatic carbocycles. The minimum atomic E-state index is -4.68. The molecule has 2 aromatic rings. The average molecular weight is 369 g/mol. The topological polar surface area (TPSA) is 38.3 Å². The van der Waals surface area contributed by atoms with Crippen molar-refractivity contribution in [2.75, 3.05) is 6.54 Å². The van der Waals surface area contributed by atoms with Crippen molar-refractivity contribution in [1.29, 1.82) is 0 Å². The molecular formula is C18H18F3NO2S. The van der Waals surface area contributed by atoms with Crippen LogP contribution in [0.3, 0.4) is 0 Å². The van der Waals surface area contributed by atoms with Crippen LogP contribution in [0, 0.1) is 5.92 Å². The number of rotatable bonds is 7. The van der Waals surface area contributed by atoms with E-state index in [1.165, 1.54) is 25.0 Å². The Morgan fingerprint density at radius 2 is 1.88 bits per heavy atom. The molecule has 0 bridgehead atoms. The minimum absolute atomic E-state index is 0.0653. The number of nitrogens with one attached hydrogen (secondary N) is 1. The number of ether oxygens (including phenoxy) is 1. The van der Waals surface area contributed by atoms with Crippen LogP contribution in [0.15, 0.2) is 36.4 Å². The molecule has 0 unspecified atom stereocenters. The summed E-state index contributed by atoms with van der Waals surface area (Å²) in [7, 11) is 0. The number of hydrogen-bond donors (Lipinski definition) is 1. The van der Waals surface area contributed by atoms with Crippen molar-refractivity contribution in [3.63, 3.8) is 0 Å². The van der Waals surface area contributed by atoms with Crippen molar-refractivity contribution in [3.8, 4) is 16.2 Å². The zero-order valence-electron chi connectivity index (χ0n) is 13.4. The van der Waals surface area contributed by atoms with Crippen molar-refractivity contribution in [2.45, 2.75) is 32.0 Å². The highest BCUT2D eigenvalue weighted by molar-refractivity contribution is 7.15. The van der Waals surface area contributed by atoms with Gasteiger partial charge in [0.05, 0.1) is 0 Å². The van der Waals surface area contributed by atoms with Gasteiger partial charge >= 0.3 is 6.36 Å². The van der Waals surface area contributed by atoms with E-state index in [2.05, 4.69) is 10.1 Å². The number of amides is 1. The maximum atomic E-state index is 12.2. The lowest BCUT2D eigenvalue weighted by Crippen LogP contribution is -2.25. The van der Waals surface area contributed by atoms with Crippen LogP contribution in [0.25, 0.3) is 10.4 Å². The van der Waals surface area contributed by atoms with E-state index in [-0.39, 0.29) is 11.7 Å². The molecule has 1 fully saturated rings.